The van der Waals surface area contributed by atoms with Crippen LogP contribution in [0.2, 0.25) is 0 Å². The third kappa shape index (κ3) is 2.25. The normalized spacial score (nSPS) is 19.9. The van der Waals surface area contributed by atoms with Crippen molar-refractivity contribution in [3.63, 3.8) is 0 Å². The Labute approximate surface area is 87.0 Å². The second-order valence-corrected chi connectivity index (χ2v) is 3.36. The summed E-state index contributed by atoms with van der Waals surface area (Å²) in [6.07, 6.45) is 0.701. The number of ether oxygens (including phenoxy) is 2. The van der Waals surface area contributed by atoms with Crippen LogP contribution in [0.1, 0.15) is 12.0 Å². The molecule has 1 saturated heterocycles. The van der Waals surface area contributed by atoms with E-state index in [9.17, 15) is 4.39 Å². The van der Waals surface area contributed by atoms with Crippen LogP contribution in [0.3, 0.4) is 0 Å². The smallest absolute Gasteiger partial charge is 0.166 e. The summed E-state index contributed by atoms with van der Waals surface area (Å²) in [7, 11) is 0. The zero-order valence-electron chi connectivity index (χ0n) is 8.07. The minimum atomic E-state index is -0.499. The van der Waals surface area contributed by atoms with Crippen molar-refractivity contribution in [3.05, 3.63) is 29.6 Å². The molecule has 0 radical (unpaired) electrons. The molecule has 1 unspecified atom stereocenters. The van der Waals surface area contributed by atoms with E-state index in [0.717, 1.165) is 6.42 Å². The van der Waals surface area contributed by atoms with Gasteiger partial charge in [0.25, 0.3) is 0 Å². The molecule has 15 heavy (non-hydrogen) atoms. The van der Waals surface area contributed by atoms with Gasteiger partial charge in [0.05, 0.1) is 24.8 Å². The summed E-state index contributed by atoms with van der Waals surface area (Å²) >= 11 is 0. The van der Waals surface area contributed by atoms with Crippen LogP contribution in [0, 0.1) is 17.1 Å². The molecular formula is C11H10FNO2. The second-order valence-electron chi connectivity index (χ2n) is 3.36. The van der Waals surface area contributed by atoms with Crippen molar-refractivity contribution in [2.45, 2.75) is 12.5 Å². The number of nitriles is 1. The Kier molecular flexibility index (Phi) is 2.84. The van der Waals surface area contributed by atoms with Gasteiger partial charge in [0.15, 0.2) is 11.6 Å². The monoisotopic (exact) mass is 207 g/mol. The van der Waals surface area contributed by atoms with Gasteiger partial charge in [-0.2, -0.15) is 5.26 Å². The van der Waals surface area contributed by atoms with Crippen LogP contribution in [0.25, 0.3) is 0 Å². The summed E-state index contributed by atoms with van der Waals surface area (Å²) in [5, 5.41) is 8.56. The zero-order valence-corrected chi connectivity index (χ0v) is 8.07. The van der Waals surface area contributed by atoms with Crippen molar-refractivity contribution in [2.24, 2.45) is 0 Å². The molecule has 1 aliphatic heterocycles. The lowest BCUT2D eigenvalue weighted by Crippen LogP contribution is -2.16. The summed E-state index contributed by atoms with van der Waals surface area (Å²) in [5.74, 6) is -0.314. The molecule has 3 nitrogen and oxygen atoms in total. The van der Waals surface area contributed by atoms with E-state index >= 15 is 0 Å². The first-order valence-corrected chi connectivity index (χ1v) is 4.73. The van der Waals surface area contributed by atoms with Crippen molar-refractivity contribution >= 4 is 0 Å². The number of hydrogen-bond donors (Lipinski definition) is 0. The minimum Gasteiger partial charge on any atom is -0.485 e. The highest BCUT2D eigenvalue weighted by Crippen LogP contribution is 2.21. The molecule has 2 rings (SSSR count). The van der Waals surface area contributed by atoms with E-state index < -0.39 is 5.82 Å². The van der Waals surface area contributed by atoms with Crippen molar-refractivity contribution in [2.75, 3.05) is 13.2 Å². The highest BCUT2D eigenvalue weighted by molar-refractivity contribution is 5.36. The molecular weight excluding hydrogens is 197 g/mol. The molecule has 0 aliphatic carbocycles. The quantitative estimate of drug-likeness (QED) is 0.743. The second kappa shape index (κ2) is 4.28. The van der Waals surface area contributed by atoms with E-state index in [4.69, 9.17) is 14.7 Å². The van der Waals surface area contributed by atoms with Crippen molar-refractivity contribution in [3.8, 4) is 11.8 Å². The number of halogens is 1. The first-order chi connectivity index (χ1) is 7.29. The Bertz CT molecular complexity index is 394. The SMILES string of the molecule is N#Cc1ccc(OC2CCOC2)c(F)c1. The average Bonchev–Trinajstić information content (AvgIpc) is 2.74. The third-order valence-electron chi connectivity index (χ3n) is 2.24. The first kappa shape index (κ1) is 9.94. The lowest BCUT2D eigenvalue weighted by Gasteiger charge is -2.12. The van der Waals surface area contributed by atoms with Gasteiger partial charge in [-0.3, -0.25) is 0 Å². The van der Waals surface area contributed by atoms with E-state index in [2.05, 4.69) is 0 Å². The number of hydrogen-bond acceptors (Lipinski definition) is 3. The van der Waals surface area contributed by atoms with Gasteiger partial charge in [0.2, 0.25) is 0 Å². The molecule has 0 spiro atoms. The Morgan fingerprint density at radius 1 is 1.53 bits per heavy atom. The molecule has 0 saturated carbocycles. The topological polar surface area (TPSA) is 42.2 Å². The Morgan fingerprint density at radius 3 is 3.00 bits per heavy atom. The number of benzene rings is 1. The molecule has 78 valence electrons. The lowest BCUT2D eigenvalue weighted by atomic mass is 10.2. The molecule has 0 bridgehead atoms. The van der Waals surface area contributed by atoms with Gasteiger partial charge in [0.1, 0.15) is 6.10 Å². The van der Waals surface area contributed by atoms with Crippen LogP contribution in [-0.2, 0) is 4.74 Å². The molecule has 1 atom stereocenters. The fourth-order valence-electron chi connectivity index (χ4n) is 1.45. The summed E-state index contributed by atoms with van der Waals surface area (Å²) in [5.41, 5.74) is 0.294. The van der Waals surface area contributed by atoms with Crippen molar-refractivity contribution < 1.29 is 13.9 Å². The summed E-state index contributed by atoms with van der Waals surface area (Å²) < 4.78 is 23.9. The molecule has 1 heterocycles. The minimum absolute atomic E-state index is 0.0764. The largest absolute Gasteiger partial charge is 0.485 e. The summed E-state index contributed by atoms with van der Waals surface area (Å²) in [6, 6.07) is 6.05. The Hall–Kier alpha value is -1.60. The molecule has 1 aromatic rings. The average molecular weight is 207 g/mol. The van der Waals surface area contributed by atoms with Gasteiger partial charge in [-0.25, -0.2) is 4.39 Å². The van der Waals surface area contributed by atoms with Crippen molar-refractivity contribution in [1.82, 2.24) is 0 Å². The zero-order chi connectivity index (χ0) is 10.7. The summed E-state index contributed by atoms with van der Waals surface area (Å²) in [4.78, 5) is 0. The highest BCUT2D eigenvalue weighted by Gasteiger charge is 2.18. The molecule has 1 aliphatic rings. The lowest BCUT2D eigenvalue weighted by molar-refractivity contribution is 0.138. The van der Waals surface area contributed by atoms with Crippen LogP contribution in [0.4, 0.5) is 4.39 Å². The molecule has 0 amide bonds. The van der Waals surface area contributed by atoms with E-state index in [1.165, 1.54) is 18.2 Å². The maximum absolute atomic E-state index is 13.4. The highest BCUT2D eigenvalue weighted by atomic mass is 19.1. The molecule has 1 fully saturated rings. The van der Waals surface area contributed by atoms with Gasteiger partial charge in [0, 0.05) is 6.42 Å². The maximum Gasteiger partial charge on any atom is 0.166 e. The summed E-state index contributed by atoms with van der Waals surface area (Å²) in [6.45, 7) is 1.15. The van der Waals surface area contributed by atoms with Gasteiger partial charge < -0.3 is 9.47 Å². The fourth-order valence-corrected chi connectivity index (χ4v) is 1.45. The molecule has 0 aromatic heterocycles. The predicted octanol–water partition coefficient (Wildman–Crippen LogP) is 1.87. The molecule has 4 heteroatoms. The van der Waals surface area contributed by atoms with Crippen LogP contribution in [-0.4, -0.2) is 19.3 Å². The van der Waals surface area contributed by atoms with Crippen molar-refractivity contribution in [1.29, 1.82) is 5.26 Å². The van der Waals surface area contributed by atoms with E-state index in [1.807, 2.05) is 6.07 Å². The molecule has 0 N–H and O–H groups in total. The fraction of sp³-hybridized carbons (Fsp3) is 0.364. The number of rotatable bonds is 2. The Balaban J connectivity index is 2.11. The predicted molar refractivity (Wildman–Crippen MR) is 51.0 cm³/mol. The third-order valence-corrected chi connectivity index (χ3v) is 2.24. The van der Waals surface area contributed by atoms with Crippen LogP contribution in [0.15, 0.2) is 18.2 Å². The van der Waals surface area contributed by atoms with Gasteiger partial charge in [-0.15, -0.1) is 0 Å². The first-order valence-electron chi connectivity index (χ1n) is 4.73. The standard InChI is InChI=1S/C11H10FNO2/c12-10-5-8(6-13)1-2-11(10)15-9-3-4-14-7-9/h1-2,5,9H,3-4,7H2. The van der Waals surface area contributed by atoms with Gasteiger partial charge >= 0.3 is 0 Å². The van der Waals surface area contributed by atoms with Crippen LogP contribution in [0.5, 0.6) is 5.75 Å². The Morgan fingerprint density at radius 2 is 2.40 bits per heavy atom. The van der Waals surface area contributed by atoms with E-state index in [1.54, 1.807) is 0 Å². The van der Waals surface area contributed by atoms with Gasteiger partial charge in [-0.1, -0.05) is 0 Å². The maximum atomic E-state index is 13.4. The number of nitrogens with zero attached hydrogens (tertiary/aromatic N) is 1. The van der Waals surface area contributed by atoms with Gasteiger partial charge in [-0.05, 0) is 18.2 Å². The van der Waals surface area contributed by atoms with Crippen LogP contribution < -0.4 is 4.74 Å². The van der Waals surface area contributed by atoms with E-state index in [-0.39, 0.29) is 11.9 Å². The van der Waals surface area contributed by atoms with Crippen LogP contribution >= 0.6 is 0 Å². The molecule has 1 aromatic carbocycles. The van der Waals surface area contributed by atoms with E-state index in [0.29, 0.717) is 18.8 Å².